The Morgan fingerprint density at radius 2 is 1.65 bits per heavy atom. The van der Waals surface area contributed by atoms with Crippen molar-refractivity contribution in [3.05, 3.63) is 67.0 Å². The first-order chi connectivity index (χ1) is 10.4. The van der Waals surface area contributed by atoms with Crippen LogP contribution >= 0.6 is 11.3 Å². The van der Waals surface area contributed by atoms with E-state index < -0.39 is 0 Å². The monoisotopic (exact) mass is 503 g/mol. The van der Waals surface area contributed by atoms with Crippen LogP contribution in [0.2, 0.25) is 0 Å². The van der Waals surface area contributed by atoms with Gasteiger partial charge in [-0.05, 0) is 23.9 Å². The van der Waals surface area contributed by atoms with Crippen LogP contribution in [0.25, 0.3) is 22.0 Å². The van der Waals surface area contributed by atoms with Crippen molar-refractivity contribution >= 4 is 11.3 Å². The van der Waals surface area contributed by atoms with E-state index in [-0.39, 0.29) is 26.5 Å². The standard InChI is InChI=1S/C14H9N2S.C5H11.Pt/c1-2-9-15-11(5-1)12-6-3-7-13(16-12)14-8-4-10-17-14;1-5(2,3)4;/h1-7,9-10H;1H2,2-4H3;/q2*-1;+2. The topological polar surface area (TPSA) is 25.8 Å². The Kier molecular flexibility index (Phi) is 7.81. The van der Waals surface area contributed by atoms with E-state index in [2.05, 4.69) is 43.7 Å². The van der Waals surface area contributed by atoms with Crippen LogP contribution in [0, 0.1) is 18.4 Å². The summed E-state index contributed by atoms with van der Waals surface area (Å²) < 4.78 is 0. The maximum Gasteiger partial charge on any atom is 2.00 e. The van der Waals surface area contributed by atoms with E-state index >= 15 is 0 Å². The summed E-state index contributed by atoms with van der Waals surface area (Å²) in [5, 5.41) is 2.00. The van der Waals surface area contributed by atoms with Crippen LogP contribution in [-0.4, -0.2) is 9.97 Å². The largest absolute Gasteiger partial charge is 2.00 e. The second-order valence-corrected chi connectivity index (χ2v) is 6.99. The third kappa shape index (κ3) is 7.20. The van der Waals surface area contributed by atoms with Crippen molar-refractivity contribution in [1.29, 1.82) is 0 Å². The predicted molar refractivity (Wildman–Crippen MR) is 94.4 cm³/mol. The molecule has 3 heterocycles. The average Bonchev–Trinajstić information content (AvgIpc) is 3.01. The van der Waals surface area contributed by atoms with E-state index in [9.17, 15) is 0 Å². The molecule has 122 valence electrons. The van der Waals surface area contributed by atoms with Crippen LogP contribution in [0.3, 0.4) is 0 Å². The van der Waals surface area contributed by atoms with E-state index in [4.69, 9.17) is 0 Å². The zero-order valence-electron chi connectivity index (χ0n) is 13.5. The first-order valence-electron chi connectivity index (χ1n) is 7.13. The first kappa shape index (κ1) is 19.7. The summed E-state index contributed by atoms with van der Waals surface area (Å²) in [6.07, 6.45) is 1.78. The summed E-state index contributed by atoms with van der Waals surface area (Å²) in [7, 11) is 0. The van der Waals surface area contributed by atoms with Gasteiger partial charge in [0.05, 0.1) is 11.4 Å². The number of aromatic nitrogens is 2. The second-order valence-electron chi connectivity index (χ2n) is 6.08. The molecule has 23 heavy (non-hydrogen) atoms. The molecule has 3 aromatic rings. The fourth-order valence-corrected chi connectivity index (χ4v) is 2.24. The fraction of sp³-hybridized carbons (Fsp3) is 0.211. The van der Waals surface area contributed by atoms with E-state index in [1.807, 2.05) is 47.8 Å². The fourth-order valence-electron chi connectivity index (χ4n) is 1.60. The zero-order valence-corrected chi connectivity index (χ0v) is 16.6. The van der Waals surface area contributed by atoms with Crippen molar-refractivity contribution in [1.82, 2.24) is 9.97 Å². The maximum absolute atomic E-state index is 4.60. The minimum atomic E-state index is 0. The van der Waals surface area contributed by atoms with Gasteiger partial charge in [-0.2, -0.15) is 17.5 Å². The molecule has 0 spiro atoms. The molecule has 2 nitrogen and oxygen atoms in total. The minimum Gasteiger partial charge on any atom is -0.338 e. The molecular weight excluding hydrogens is 483 g/mol. The first-order valence-corrected chi connectivity index (χ1v) is 8.01. The van der Waals surface area contributed by atoms with Gasteiger partial charge in [-0.3, -0.25) is 4.98 Å². The molecule has 4 heteroatoms. The Morgan fingerprint density at radius 3 is 2.22 bits per heavy atom. The Balaban J connectivity index is 0.000000390. The van der Waals surface area contributed by atoms with Gasteiger partial charge in [-0.15, -0.1) is 5.38 Å². The normalized spacial score (nSPS) is 10.3. The summed E-state index contributed by atoms with van der Waals surface area (Å²) in [5.41, 5.74) is 2.99. The summed E-state index contributed by atoms with van der Waals surface area (Å²) >= 11 is 1.64. The minimum absolute atomic E-state index is 0. The van der Waals surface area contributed by atoms with Gasteiger partial charge in [0.15, 0.2) is 0 Å². The Morgan fingerprint density at radius 1 is 1.00 bits per heavy atom. The molecule has 0 aromatic carbocycles. The average molecular weight is 504 g/mol. The van der Waals surface area contributed by atoms with Crippen molar-refractivity contribution in [3.63, 3.8) is 0 Å². The molecule has 0 aliphatic rings. The Labute approximate surface area is 157 Å². The molecule has 0 amide bonds. The van der Waals surface area contributed by atoms with Crippen LogP contribution in [0.4, 0.5) is 0 Å². The van der Waals surface area contributed by atoms with Gasteiger partial charge in [0.2, 0.25) is 0 Å². The molecule has 0 aliphatic heterocycles. The SMILES string of the molecule is [CH2-]C(C)(C)C.[Pt+2].[c-]1ccsc1-c1cccc(-c2ccccn2)n1. The van der Waals surface area contributed by atoms with Crippen molar-refractivity contribution in [2.45, 2.75) is 20.8 Å². The molecule has 0 saturated carbocycles. The molecule has 0 atom stereocenters. The van der Waals surface area contributed by atoms with Gasteiger partial charge >= 0.3 is 21.1 Å². The number of hydrogen-bond donors (Lipinski definition) is 0. The van der Waals surface area contributed by atoms with E-state index in [1.54, 1.807) is 17.5 Å². The molecule has 0 fully saturated rings. The van der Waals surface area contributed by atoms with Crippen LogP contribution in [-0.2, 0) is 21.1 Å². The van der Waals surface area contributed by atoms with Gasteiger partial charge in [0.1, 0.15) is 0 Å². The summed E-state index contributed by atoms with van der Waals surface area (Å²) in [5.74, 6) is 0. The van der Waals surface area contributed by atoms with Gasteiger partial charge in [0, 0.05) is 6.20 Å². The van der Waals surface area contributed by atoms with Gasteiger partial charge in [-0.1, -0.05) is 43.8 Å². The number of hydrogen-bond acceptors (Lipinski definition) is 3. The number of thiophene rings is 1. The zero-order chi connectivity index (χ0) is 16.0. The molecule has 0 unspecified atom stereocenters. The summed E-state index contributed by atoms with van der Waals surface area (Å²) in [4.78, 5) is 9.96. The molecule has 0 aliphatic carbocycles. The molecule has 3 rings (SSSR count). The summed E-state index contributed by atoms with van der Waals surface area (Å²) in [6, 6.07) is 16.9. The number of nitrogens with zero attached hydrogens (tertiary/aromatic N) is 2. The third-order valence-corrected chi connectivity index (χ3v) is 3.21. The van der Waals surface area contributed by atoms with Gasteiger partial charge in [0.25, 0.3) is 0 Å². The molecular formula is C19H20N2PtS. The number of rotatable bonds is 2. The second kappa shape index (κ2) is 9.10. The summed E-state index contributed by atoms with van der Waals surface area (Å²) in [6.45, 7) is 10.0. The quantitative estimate of drug-likeness (QED) is 0.430. The molecule has 0 radical (unpaired) electrons. The number of pyridine rings is 2. The van der Waals surface area contributed by atoms with E-state index in [1.165, 1.54) is 0 Å². The predicted octanol–water partition coefficient (Wildman–Crippen LogP) is 5.54. The van der Waals surface area contributed by atoms with Crippen molar-refractivity contribution in [3.8, 4) is 22.0 Å². The van der Waals surface area contributed by atoms with Crippen LogP contribution in [0.5, 0.6) is 0 Å². The third-order valence-electron chi connectivity index (χ3n) is 2.38. The smallest absolute Gasteiger partial charge is 0.338 e. The van der Waals surface area contributed by atoms with E-state index in [0.29, 0.717) is 0 Å². The van der Waals surface area contributed by atoms with Crippen LogP contribution in [0.1, 0.15) is 20.8 Å². The molecule has 0 N–H and O–H groups in total. The molecule has 3 aromatic heterocycles. The van der Waals surface area contributed by atoms with E-state index in [0.717, 1.165) is 22.0 Å². The molecule has 0 bridgehead atoms. The Bertz CT molecular complexity index is 683. The van der Waals surface area contributed by atoms with Crippen molar-refractivity contribution in [2.24, 2.45) is 5.41 Å². The van der Waals surface area contributed by atoms with Crippen molar-refractivity contribution < 1.29 is 21.1 Å². The van der Waals surface area contributed by atoms with Gasteiger partial charge < -0.3 is 11.9 Å². The van der Waals surface area contributed by atoms with Crippen LogP contribution in [0.15, 0.2) is 54.0 Å². The maximum atomic E-state index is 4.60. The molecule has 0 saturated heterocycles. The Hall–Kier alpha value is -1.31. The van der Waals surface area contributed by atoms with Crippen molar-refractivity contribution in [2.75, 3.05) is 0 Å². The van der Waals surface area contributed by atoms with Gasteiger partial charge in [-0.25, -0.2) is 11.3 Å². The van der Waals surface area contributed by atoms with Crippen LogP contribution < -0.4 is 0 Å².